The van der Waals surface area contributed by atoms with Crippen molar-refractivity contribution in [3.8, 4) is 5.75 Å². The van der Waals surface area contributed by atoms with Crippen LogP contribution in [0.15, 0.2) is 24.3 Å². The first-order valence-electron chi connectivity index (χ1n) is 6.24. The average molecular weight is 220 g/mol. The summed E-state index contributed by atoms with van der Waals surface area (Å²) in [7, 11) is 0. The number of hydrogen-bond donors (Lipinski definition) is 1. The number of aliphatic hydroxyl groups is 1. The minimum absolute atomic E-state index is 0.0823. The Balaban J connectivity index is 2.11. The molecule has 16 heavy (non-hydrogen) atoms. The molecule has 0 radical (unpaired) electrons. The van der Waals surface area contributed by atoms with Crippen LogP contribution >= 0.6 is 0 Å². The van der Waals surface area contributed by atoms with Gasteiger partial charge >= 0.3 is 0 Å². The predicted octanol–water partition coefficient (Wildman–Crippen LogP) is 3.11. The SMILES string of the molecule is OCCOc1ccccc1C1CCCCC1. The van der Waals surface area contributed by atoms with Crippen LogP contribution in [0.3, 0.4) is 0 Å². The summed E-state index contributed by atoms with van der Waals surface area (Å²) >= 11 is 0. The van der Waals surface area contributed by atoms with Crippen LogP contribution in [0, 0.1) is 0 Å². The summed E-state index contributed by atoms with van der Waals surface area (Å²) in [5.74, 6) is 1.62. The van der Waals surface area contributed by atoms with Gasteiger partial charge in [-0.1, -0.05) is 37.5 Å². The van der Waals surface area contributed by atoms with Gasteiger partial charge < -0.3 is 9.84 Å². The van der Waals surface area contributed by atoms with Gasteiger partial charge in [-0.25, -0.2) is 0 Å². The van der Waals surface area contributed by atoms with Crippen molar-refractivity contribution >= 4 is 0 Å². The fourth-order valence-corrected chi connectivity index (χ4v) is 2.52. The molecule has 2 nitrogen and oxygen atoms in total. The van der Waals surface area contributed by atoms with Gasteiger partial charge in [-0.15, -0.1) is 0 Å². The Morgan fingerprint density at radius 3 is 2.62 bits per heavy atom. The van der Waals surface area contributed by atoms with E-state index in [4.69, 9.17) is 9.84 Å². The largest absolute Gasteiger partial charge is 0.491 e. The molecule has 2 heteroatoms. The summed E-state index contributed by atoms with van der Waals surface area (Å²) in [6, 6.07) is 8.26. The number of ether oxygens (including phenoxy) is 1. The Labute approximate surface area is 97.3 Å². The van der Waals surface area contributed by atoms with Gasteiger partial charge in [0.15, 0.2) is 0 Å². The van der Waals surface area contributed by atoms with Crippen LogP contribution in [-0.2, 0) is 0 Å². The molecule has 0 amide bonds. The van der Waals surface area contributed by atoms with Crippen molar-refractivity contribution in [3.63, 3.8) is 0 Å². The van der Waals surface area contributed by atoms with Gasteiger partial charge in [0.25, 0.3) is 0 Å². The van der Waals surface area contributed by atoms with Gasteiger partial charge in [0.1, 0.15) is 12.4 Å². The molecule has 1 aliphatic rings. The van der Waals surface area contributed by atoms with Crippen LogP contribution in [0.25, 0.3) is 0 Å². The van der Waals surface area contributed by atoms with Crippen molar-refractivity contribution in [2.75, 3.05) is 13.2 Å². The third-order valence-electron chi connectivity index (χ3n) is 3.31. The molecule has 0 spiro atoms. The van der Waals surface area contributed by atoms with Crippen LogP contribution < -0.4 is 4.74 Å². The van der Waals surface area contributed by atoms with Crippen LogP contribution in [0.5, 0.6) is 5.75 Å². The second kappa shape index (κ2) is 5.90. The van der Waals surface area contributed by atoms with Crippen molar-refractivity contribution < 1.29 is 9.84 Å². The summed E-state index contributed by atoms with van der Waals surface area (Å²) in [5.41, 5.74) is 1.33. The maximum absolute atomic E-state index is 8.80. The molecule has 0 unspecified atom stereocenters. The van der Waals surface area contributed by atoms with Crippen molar-refractivity contribution in [3.05, 3.63) is 29.8 Å². The number of benzene rings is 1. The van der Waals surface area contributed by atoms with E-state index in [2.05, 4.69) is 12.1 Å². The molecule has 1 fully saturated rings. The van der Waals surface area contributed by atoms with E-state index in [1.165, 1.54) is 37.7 Å². The van der Waals surface area contributed by atoms with Gasteiger partial charge in [-0.05, 0) is 30.4 Å². The third-order valence-corrected chi connectivity index (χ3v) is 3.31. The molecule has 0 bridgehead atoms. The molecular weight excluding hydrogens is 200 g/mol. The van der Waals surface area contributed by atoms with E-state index >= 15 is 0 Å². The van der Waals surface area contributed by atoms with Gasteiger partial charge in [0, 0.05) is 0 Å². The molecule has 0 heterocycles. The van der Waals surface area contributed by atoms with Crippen molar-refractivity contribution in [2.45, 2.75) is 38.0 Å². The van der Waals surface area contributed by atoms with Gasteiger partial charge in [0.05, 0.1) is 6.61 Å². The first-order valence-corrected chi connectivity index (χ1v) is 6.24. The third kappa shape index (κ3) is 2.76. The topological polar surface area (TPSA) is 29.5 Å². The molecule has 1 aromatic carbocycles. The lowest BCUT2D eigenvalue weighted by atomic mass is 9.84. The number of aliphatic hydroxyl groups excluding tert-OH is 1. The lowest BCUT2D eigenvalue weighted by Crippen LogP contribution is -2.09. The van der Waals surface area contributed by atoms with Crippen LogP contribution in [-0.4, -0.2) is 18.3 Å². The zero-order valence-electron chi connectivity index (χ0n) is 9.69. The fourth-order valence-electron chi connectivity index (χ4n) is 2.52. The van der Waals surface area contributed by atoms with E-state index in [1.807, 2.05) is 12.1 Å². The fraction of sp³-hybridized carbons (Fsp3) is 0.571. The van der Waals surface area contributed by atoms with Crippen LogP contribution in [0.1, 0.15) is 43.6 Å². The molecule has 0 saturated heterocycles. The monoisotopic (exact) mass is 220 g/mol. The zero-order valence-corrected chi connectivity index (χ0v) is 9.69. The minimum Gasteiger partial charge on any atom is -0.491 e. The molecule has 0 atom stereocenters. The van der Waals surface area contributed by atoms with Gasteiger partial charge in [-0.2, -0.15) is 0 Å². The molecule has 1 N–H and O–H groups in total. The number of rotatable bonds is 4. The summed E-state index contributed by atoms with van der Waals surface area (Å²) in [5, 5.41) is 8.80. The number of hydrogen-bond acceptors (Lipinski definition) is 2. The summed E-state index contributed by atoms with van der Waals surface area (Å²) in [6.07, 6.45) is 6.59. The second-order valence-electron chi connectivity index (χ2n) is 4.44. The summed E-state index contributed by atoms with van der Waals surface area (Å²) in [6.45, 7) is 0.475. The Hall–Kier alpha value is -1.02. The first kappa shape index (κ1) is 11.5. The van der Waals surface area contributed by atoms with Gasteiger partial charge in [-0.3, -0.25) is 0 Å². The molecule has 1 saturated carbocycles. The van der Waals surface area contributed by atoms with E-state index in [9.17, 15) is 0 Å². The molecule has 1 aliphatic carbocycles. The molecule has 2 rings (SSSR count). The average Bonchev–Trinajstić information content (AvgIpc) is 2.38. The van der Waals surface area contributed by atoms with Crippen molar-refractivity contribution in [2.24, 2.45) is 0 Å². The Kier molecular flexibility index (Phi) is 4.23. The van der Waals surface area contributed by atoms with Crippen molar-refractivity contribution in [1.29, 1.82) is 0 Å². The molecule has 0 aromatic heterocycles. The lowest BCUT2D eigenvalue weighted by Gasteiger charge is -2.24. The highest BCUT2D eigenvalue weighted by atomic mass is 16.5. The van der Waals surface area contributed by atoms with E-state index < -0.39 is 0 Å². The standard InChI is InChI=1S/C14H20O2/c15-10-11-16-14-9-5-4-8-13(14)12-6-2-1-3-7-12/h4-5,8-9,12,15H,1-3,6-7,10-11H2. The molecule has 1 aromatic rings. The van der Waals surface area contributed by atoms with Gasteiger partial charge in [0.2, 0.25) is 0 Å². The Morgan fingerprint density at radius 2 is 1.88 bits per heavy atom. The van der Waals surface area contributed by atoms with E-state index in [-0.39, 0.29) is 6.61 Å². The maximum atomic E-state index is 8.80. The zero-order chi connectivity index (χ0) is 11.2. The highest BCUT2D eigenvalue weighted by Gasteiger charge is 2.18. The highest BCUT2D eigenvalue weighted by molar-refractivity contribution is 5.36. The van der Waals surface area contributed by atoms with E-state index in [1.54, 1.807) is 0 Å². The normalized spacial score (nSPS) is 17.3. The summed E-state index contributed by atoms with van der Waals surface area (Å²) in [4.78, 5) is 0. The molecular formula is C14H20O2. The number of para-hydroxylation sites is 1. The Morgan fingerprint density at radius 1 is 1.12 bits per heavy atom. The van der Waals surface area contributed by atoms with Crippen LogP contribution in [0.4, 0.5) is 0 Å². The molecule has 0 aliphatic heterocycles. The minimum atomic E-state index is 0.0823. The van der Waals surface area contributed by atoms with E-state index in [0.29, 0.717) is 12.5 Å². The summed E-state index contributed by atoms with van der Waals surface area (Å²) < 4.78 is 5.59. The maximum Gasteiger partial charge on any atom is 0.122 e. The first-order chi connectivity index (χ1) is 7.92. The highest BCUT2D eigenvalue weighted by Crippen LogP contribution is 2.37. The van der Waals surface area contributed by atoms with Crippen LogP contribution in [0.2, 0.25) is 0 Å². The second-order valence-corrected chi connectivity index (χ2v) is 4.44. The lowest BCUT2D eigenvalue weighted by molar-refractivity contribution is 0.199. The smallest absolute Gasteiger partial charge is 0.122 e. The van der Waals surface area contributed by atoms with E-state index in [0.717, 1.165) is 5.75 Å². The predicted molar refractivity (Wildman–Crippen MR) is 64.8 cm³/mol. The molecule has 88 valence electrons. The van der Waals surface area contributed by atoms with Crippen molar-refractivity contribution in [1.82, 2.24) is 0 Å². The quantitative estimate of drug-likeness (QED) is 0.844. The Bertz CT molecular complexity index is 316.